The summed E-state index contributed by atoms with van der Waals surface area (Å²) in [4.78, 5) is 15.7. The molecule has 4 aromatic rings. The molecule has 2 aromatic carbocycles. The Kier molecular flexibility index (Phi) is 5.81. The first-order valence-electron chi connectivity index (χ1n) is 6.96. The minimum atomic E-state index is 0. The van der Waals surface area contributed by atoms with Crippen LogP contribution in [-0.4, -0.2) is 19.9 Å². The van der Waals surface area contributed by atoms with E-state index < -0.39 is 0 Å². The summed E-state index contributed by atoms with van der Waals surface area (Å²) in [6.45, 7) is 1.37. The number of nitrogens with zero attached hydrogens (tertiary/aromatic N) is 2. The number of hydrogen-bond acceptors (Lipinski definition) is 3. The Balaban J connectivity index is 0.000000960. The van der Waals surface area contributed by atoms with Crippen LogP contribution in [0.15, 0.2) is 48.5 Å². The fourth-order valence-corrected chi connectivity index (χ4v) is 2.48. The molecule has 0 saturated carbocycles. The Bertz CT molecular complexity index is 761. The molecule has 4 rings (SSSR count). The van der Waals surface area contributed by atoms with Crippen molar-refractivity contribution in [2.45, 2.75) is 13.1 Å². The first-order valence-corrected chi connectivity index (χ1v) is 6.96. The van der Waals surface area contributed by atoms with E-state index in [0.717, 1.165) is 33.7 Å². The van der Waals surface area contributed by atoms with Crippen LogP contribution < -0.4 is 5.32 Å². The molecule has 0 saturated heterocycles. The molecule has 2 heterocycles. The summed E-state index contributed by atoms with van der Waals surface area (Å²) in [6.07, 6.45) is 0. The molecule has 0 amide bonds. The van der Waals surface area contributed by atoms with Crippen molar-refractivity contribution in [1.82, 2.24) is 25.3 Å². The number of fused-ring (bicyclic) bond motifs is 2. The summed E-state index contributed by atoms with van der Waals surface area (Å²) in [5.41, 5.74) is 4.13. The fourth-order valence-electron chi connectivity index (χ4n) is 2.48. The third-order valence-electron chi connectivity index (χ3n) is 3.46. The van der Waals surface area contributed by atoms with Crippen LogP contribution >= 0.6 is 12.4 Å². The van der Waals surface area contributed by atoms with Crippen LogP contribution in [0.3, 0.4) is 0 Å². The third kappa shape index (κ3) is 3.74. The van der Waals surface area contributed by atoms with Gasteiger partial charge < -0.3 is 15.3 Å². The SMILES string of the molecule is Cl.[Cr].c1ccc2[nH]c(CNCc3nc4ccccc4[nH]3)nc2c1. The molecule has 5 nitrogen and oxygen atoms in total. The quantitative estimate of drug-likeness (QED) is 0.520. The molecule has 0 bridgehead atoms. The van der Waals surface area contributed by atoms with Crippen molar-refractivity contribution >= 4 is 34.5 Å². The molecule has 118 valence electrons. The van der Waals surface area contributed by atoms with Gasteiger partial charge in [-0.15, -0.1) is 12.4 Å². The molecule has 0 spiro atoms. The fraction of sp³-hybridized carbons (Fsp3) is 0.125. The summed E-state index contributed by atoms with van der Waals surface area (Å²) in [6, 6.07) is 16.1. The second kappa shape index (κ2) is 7.62. The molecule has 2 aromatic heterocycles. The van der Waals surface area contributed by atoms with E-state index in [-0.39, 0.29) is 29.8 Å². The van der Waals surface area contributed by atoms with E-state index in [9.17, 15) is 0 Å². The van der Waals surface area contributed by atoms with Crippen LogP contribution in [0, 0.1) is 0 Å². The normalized spacial score (nSPS) is 10.4. The van der Waals surface area contributed by atoms with Crippen molar-refractivity contribution in [2.24, 2.45) is 0 Å². The van der Waals surface area contributed by atoms with Gasteiger partial charge in [-0.1, -0.05) is 24.3 Å². The van der Waals surface area contributed by atoms with Crippen LogP contribution in [0.5, 0.6) is 0 Å². The summed E-state index contributed by atoms with van der Waals surface area (Å²) in [5, 5.41) is 3.35. The number of rotatable bonds is 4. The maximum absolute atomic E-state index is 4.54. The number of nitrogens with one attached hydrogen (secondary N) is 3. The monoisotopic (exact) mass is 365 g/mol. The van der Waals surface area contributed by atoms with Crippen molar-refractivity contribution in [3.8, 4) is 0 Å². The standard InChI is InChI=1S/C16H15N5.ClH.Cr/c1-2-6-12-11(5-1)18-15(19-12)9-17-10-16-20-13-7-3-4-8-14(13)21-16;;/h1-8,17H,9-10H2,(H,18,19)(H,20,21);1H;. The molecule has 0 atom stereocenters. The second-order valence-corrected chi connectivity index (χ2v) is 5.00. The van der Waals surface area contributed by atoms with E-state index in [4.69, 9.17) is 0 Å². The minimum Gasteiger partial charge on any atom is -0.341 e. The van der Waals surface area contributed by atoms with Gasteiger partial charge in [0.15, 0.2) is 0 Å². The average Bonchev–Trinajstić information content (AvgIpc) is 3.09. The molecule has 0 radical (unpaired) electrons. The van der Waals surface area contributed by atoms with Crippen LogP contribution in [0.25, 0.3) is 22.1 Å². The van der Waals surface area contributed by atoms with Gasteiger partial charge in [-0.25, -0.2) is 9.97 Å². The van der Waals surface area contributed by atoms with E-state index in [1.165, 1.54) is 0 Å². The van der Waals surface area contributed by atoms with Crippen molar-refractivity contribution in [2.75, 3.05) is 0 Å². The molecular weight excluding hydrogens is 350 g/mol. The summed E-state index contributed by atoms with van der Waals surface area (Å²) >= 11 is 0. The number of imidazole rings is 2. The number of aromatic nitrogens is 4. The molecule has 23 heavy (non-hydrogen) atoms. The summed E-state index contributed by atoms with van der Waals surface area (Å²) < 4.78 is 0. The van der Waals surface area contributed by atoms with E-state index >= 15 is 0 Å². The predicted molar refractivity (Wildman–Crippen MR) is 90.0 cm³/mol. The van der Waals surface area contributed by atoms with Crippen LogP contribution in [0.2, 0.25) is 0 Å². The molecule has 0 unspecified atom stereocenters. The van der Waals surface area contributed by atoms with Gasteiger partial charge in [0.2, 0.25) is 0 Å². The first kappa shape index (κ1) is 17.5. The van der Waals surface area contributed by atoms with Crippen molar-refractivity contribution in [1.29, 1.82) is 0 Å². The average molecular weight is 366 g/mol. The zero-order valence-corrected chi connectivity index (χ0v) is 14.3. The van der Waals surface area contributed by atoms with Gasteiger partial charge in [0.1, 0.15) is 11.6 Å². The molecular formula is C16H16ClCrN5. The third-order valence-corrected chi connectivity index (χ3v) is 3.46. The van der Waals surface area contributed by atoms with Gasteiger partial charge in [0, 0.05) is 17.4 Å². The van der Waals surface area contributed by atoms with Crippen LogP contribution in [-0.2, 0) is 30.5 Å². The summed E-state index contributed by atoms with van der Waals surface area (Å²) in [5.74, 6) is 1.87. The number of halogens is 1. The molecule has 7 heteroatoms. The van der Waals surface area contributed by atoms with E-state index in [0.29, 0.717) is 13.1 Å². The van der Waals surface area contributed by atoms with E-state index in [2.05, 4.69) is 25.3 Å². The molecule has 3 N–H and O–H groups in total. The topological polar surface area (TPSA) is 69.4 Å². The van der Waals surface area contributed by atoms with Crippen LogP contribution in [0.1, 0.15) is 11.6 Å². The van der Waals surface area contributed by atoms with E-state index in [1.54, 1.807) is 0 Å². The van der Waals surface area contributed by atoms with Crippen molar-refractivity contribution < 1.29 is 17.4 Å². The number of aromatic amines is 2. The van der Waals surface area contributed by atoms with Gasteiger partial charge in [0.25, 0.3) is 0 Å². The van der Waals surface area contributed by atoms with Crippen molar-refractivity contribution in [3.63, 3.8) is 0 Å². The largest absolute Gasteiger partial charge is 0.341 e. The Morgan fingerprint density at radius 2 is 1.17 bits per heavy atom. The molecule has 0 aliphatic rings. The zero-order chi connectivity index (χ0) is 14.1. The number of H-pyrrole nitrogens is 2. The van der Waals surface area contributed by atoms with Crippen LogP contribution in [0.4, 0.5) is 0 Å². The molecule has 0 aliphatic carbocycles. The summed E-state index contributed by atoms with van der Waals surface area (Å²) in [7, 11) is 0. The van der Waals surface area contributed by atoms with Gasteiger partial charge in [-0.2, -0.15) is 0 Å². The van der Waals surface area contributed by atoms with Gasteiger partial charge in [0.05, 0.1) is 35.2 Å². The smallest absolute Gasteiger partial charge is 0.121 e. The maximum atomic E-state index is 4.54. The predicted octanol–water partition coefficient (Wildman–Crippen LogP) is 3.15. The Labute approximate surface area is 150 Å². The van der Waals surface area contributed by atoms with Crippen molar-refractivity contribution in [3.05, 3.63) is 60.2 Å². The molecule has 0 aliphatic heterocycles. The zero-order valence-electron chi connectivity index (χ0n) is 12.2. The number of para-hydroxylation sites is 4. The first-order chi connectivity index (χ1) is 10.4. The molecule has 0 fully saturated rings. The Morgan fingerprint density at radius 1 is 0.739 bits per heavy atom. The second-order valence-electron chi connectivity index (χ2n) is 5.00. The Hall–Kier alpha value is -1.84. The number of benzene rings is 2. The van der Waals surface area contributed by atoms with Gasteiger partial charge in [-0.05, 0) is 24.3 Å². The van der Waals surface area contributed by atoms with Gasteiger partial charge in [-0.3, -0.25) is 0 Å². The van der Waals surface area contributed by atoms with E-state index in [1.807, 2.05) is 48.5 Å². The number of hydrogen-bond donors (Lipinski definition) is 3. The van der Waals surface area contributed by atoms with Gasteiger partial charge >= 0.3 is 0 Å². The Morgan fingerprint density at radius 3 is 1.61 bits per heavy atom. The minimum absolute atomic E-state index is 0. The maximum Gasteiger partial charge on any atom is 0.121 e.